The van der Waals surface area contributed by atoms with Crippen molar-refractivity contribution in [3.63, 3.8) is 0 Å². The second-order valence-corrected chi connectivity index (χ2v) is 5.51. The van der Waals surface area contributed by atoms with Gasteiger partial charge in [0.15, 0.2) is 5.78 Å². The van der Waals surface area contributed by atoms with E-state index in [1.54, 1.807) is 24.3 Å². The molecule has 0 aliphatic heterocycles. The first-order valence-corrected chi connectivity index (χ1v) is 7.99. The lowest BCUT2D eigenvalue weighted by atomic mass is 10.1. The van der Waals surface area contributed by atoms with Gasteiger partial charge in [-0.15, -0.1) is 0 Å². The van der Waals surface area contributed by atoms with Gasteiger partial charge in [0.2, 0.25) is 0 Å². The predicted molar refractivity (Wildman–Crippen MR) is 98.5 cm³/mol. The highest BCUT2D eigenvalue weighted by Gasteiger charge is 2.12. The van der Waals surface area contributed by atoms with E-state index >= 15 is 0 Å². The lowest BCUT2D eigenvalue weighted by Crippen LogP contribution is -2.28. The molecule has 0 heterocycles. The van der Waals surface area contributed by atoms with E-state index in [4.69, 9.17) is 0 Å². The number of carbonyl (C=O) groups is 3. The Bertz CT molecular complexity index is 811. The van der Waals surface area contributed by atoms with Gasteiger partial charge in [0.25, 0.3) is 5.91 Å². The molecule has 0 spiro atoms. The standard InChI is InChI=1S/C20H20N2O4/c1-14(23)16-8-10-17(11-9-16)22-18(12-19(24)26-2)20(25)21-13-15-6-4-3-5-7-15/h3-12,22H,13H2,1-2H3,(H,21,25)/b18-12-. The monoisotopic (exact) mass is 352 g/mol. The summed E-state index contributed by atoms with van der Waals surface area (Å²) in [5, 5.41) is 5.63. The van der Waals surface area contributed by atoms with Crippen LogP contribution in [-0.2, 0) is 20.9 Å². The predicted octanol–water partition coefficient (Wildman–Crippen LogP) is 2.67. The van der Waals surface area contributed by atoms with Crippen LogP contribution in [-0.4, -0.2) is 24.8 Å². The number of amides is 1. The zero-order chi connectivity index (χ0) is 18.9. The number of anilines is 1. The first-order chi connectivity index (χ1) is 12.5. The molecule has 0 saturated heterocycles. The second kappa shape index (κ2) is 9.17. The summed E-state index contributed by atoms with van der Waals surface area (Å²) in [7, 11) is 1.24. The molecule has 2 aromatic carbocycles. The van der Waals surface area contributed by atoms with E-state index in [0.29, 0.717) is 17.8 Å². The summed E-state index contributed by atoms with van der Waals surface area (Å²) < 4.78 is 4.60. The molecule has 1 amide bonds. The van der Waals surface area contributed by atoms with Crippen LogP contribution in [0.2, 0.25) is 0 Å². The van der Waals surface area contributed by atoms with E-state index in [1.807, 2.05) is 30.3 Å². The van der Waals surface area contributed by atoms with Crippen molar-refractivity contribution in [3.8, 4) is 0 Å². The van der Waals surface area contributed by atoms with Gasteiger partial charge in [0, 0.05) is 17.8 Å². The summed E-state index contributed by atoms with van der Waals surface area (Å²) in [5.41, 5.74) is 2.11. The average Bonchev–Trinajstić information content (AvgIpc) is 2.66. The molecule has 0 aliphatic rings. The summed E-state index contributed by atoms with van der Waals surface area (Å²) in [4.78, 5) is 35.3. The largest absolute Gasteiger partial charge is 0.466 e. The van der Waals surface area contributed by atoms with Crippen molar-refractivity contribution >= 4 is 23.3 Å². The number of ketones is 1. The lowest BCUT2D eigenvalue weighted by Gasteiger charge is -2.12. The van der Waals surface area contributed by atoms with Gasteiger partial charge in [-0.25, -0.2) is 4.79 Å². The SMILES string of the molecule is COC(=O)/C=C(\Nc1ccc(C(C)=O)cc1)C(=O)NCc1ccccc1. The van der Waals surface area contributed by atoms with Gasteiger partial charge >= 0.3 is 5.97 Å². The van der Waals surface area contributed by atoms with Crippen LogP contribution in [0.3, 0.4) is 0 Å². The quantitative estimate of drug-likeness (QED) is 0.455. The van der Waals surface area contributed by atoms with Gasteiger partial charge in [-0.1, -0.05) is 30.3 Å². The zero-order valence-electron chi connectivity index (χ0n) is 14.6. The van der Waals surface area contributed by atoms with Crippen molar-refractivity contribution in [2.75, 3.05) is 12.4 Å². The highest BCUT2D eigenvalue weighted by molar-refractivity contribution is 6.02. The Morgan fingerprint density at radius 2 is 1.65 bits per heavy atom. The van der Waals surface area contributed by atoms with E-state index in [-0.39, 0.29) is 11.5 Å². The molecule has 6 nitrogen and oxygen atoms in total. The maximum atomic E-state index is 12.4. The molecule has 6 heteroatoms. The van der Waals surface area contributed by atoms with E-state index < -0.39 is 11.9 Å². The van der Waals surface area contributed by atoms with Crippen molar-refractivity contribution in [2.24, 2.45) is 0 Å². The van der Waals surface area contributed by atoms with Gasteiger partial charge in [0.05, 0.1) is 13.2 Å². The zero-order valence-corrected chi connectivity index (χ0v) is 14.6. The number of methoxy groups -OCH3 is 1. The molecule has 0 bridgehead atoms. The Hall–Kier alpha value is -3.41. The molecule has 0 saturated carbocycles. The third kappa shape index (κ3) is 5.59. The van der Waals surface area contributed by atoms with Crippen molar-refractivity contribution in [2.45, 2.75) is 13.5 Å². The third-order valence-corrected chi connectivity index (χ3v) is 3.57. The number of benzene rings is 2. The highest BCUT2D eigenvalue weighted by Crippen LogP contribution is 2.13. The van der Waals surface area contributed by atoms with E-state index in [0.717, 1.165) is 11.6 Å². The third-order valence-electron chi connectivity index (χ3n) is 3.57. The van der Waals surface area contributed by atoms with E-state index in [9.17, 15) is 14.4 Å². The molecule has 2 rings (SSSR count). The van der Waals surface area contributed by atoms with Crippen LogP contribution in [0, 0.1) is 0 Å². The molecule has 0 atom stereocenters. The molecule has 26 heavy (non-hydrogen) atoms. The van der Waals surface area contributed by atoms with Gasteiger partial charge in [-0.05, 0) is 36.8 Å². The fourth-order valence-corrected chi connectivity index (χ4v) is 2.15. The first kappa shape index (κ1) is 18.9. The Labute approximate surface area is 151 Å². The van der Waals surface area contributed by atoms with Crippen LogP contribution in [0.15, 0.2) is 66.4 Å². The number of hydrogen-bond acceptors (Lipinski definition) is 5. The number of esters is 1. The number of carbonyl (C=O) groups excluding carboxylic acids is 3. The minimum atomic E-state index is -0.650. The molecule has 0 radical (unpaired) electrons. The summed E-state index contributed by atoms with van der Waals surface area (Å²) in [6.45, 7) is 1.80. The van der Waals surface area contributed by atoms with Gasteiger partial charge in [-0.3, -0.25) is 9.59 Å². The highest BCUT2D eigenvalue weighted by atomic mass is 16.5. The minimum absolute atomic E-state index is 0.0448. The van der Waals surface area contributed by atoms with Crippen LogP contribution < -0.4 is 10.6 Å². The van der Waals surface area contributed by atoms with Crippen LogP contribution in [0.4, 0.5) is 5.69 Å². The van der Waals surface area contributed by atoms with Gasteiger partial charge in [-0.2, -0.15) is 0 Å². The number of rotatable bonds is 7. The molecule has 2 N–H and O–H groups in total. The number of ether oxygens (including phenoxy) is 1. The van der Waals surface area contributed by atoms with Crippen LogP contribution in [0.5, 0.6) is 0 Å². The summed E-state index contributed by atoms with van der Waals surface area (Å²) in [6.07, 6.45) is 1.08. The number of Topliss-reactive ketones (excluding diaryl/α,β-unsaturated/α-hetero) is 1. The topological polar surface area (TPSA) is 84.5 Å². The molecule has 0 unspecified atom stereocenters. The molecular formula is C20H20N2O4. The van der Waals surface area contributed by atoms with E-state index in [1.165, 1.54) is 14.0 Å². The second-order valence-electron chi connectivity index (χ2n) is 5.51. The molecule has 0 fully saturated rings. The number of nitrogens with one attached hydrogen (secondary N) is 2. The van der Waals surface area contributed by atoms with E-state index in [2.05, 4.69) is 15.4 Å². The lowest BCUT2D eigenvalue weighted by molar-refractivity contribution is -0.135. The Morgan fingerprint density at radius 1 is 1.00 bits per heavy atom. The molecule has 2 aromatic rings. The number of hydrogen-bond donors (Lipinski definition) is 2. The molecule has 0 aromatic heterocycles. The van der Waals surface area contributed by atoms with Gasteiger partial charge < -0.3 is 15.4 Å². The Kier molecular flexibility index (Phi) is 6.68. The first-order valence-electron chi connectivity index (χ1n) is 7.99. The van der Waals surface area contributed by atoms with Crippen molar-refractivity contribution in [3.05, 3.63) is 77.5 Å². The summed E-state index contributed by atoms with van der Waals surface area (Å²) >= 11 is 0. The Balaban J connectivity index is 2.12. The van der Waals surface area contributed by atoms with Crippen molar-refractivity contribution < 1.29 is 19.1 Å². The maximum Gasteiger partial charge on any atom is 0.332 e. The molecular weight excluding hydrogens is 332 g/mol. The summed E-state index contributed by atoms with van der Waals surface area (Å²) in [6, 6.07) is 16.0. The summed E-state index contributed by atoms with van der Waals surface area (Å²) in [5.74, 6) is -1.15. The van der Waals surface area contributed by atoms with Crippen molar-refractivity contribution in [1.29, 1.82) is 0 Å². The van der Waals surface area contributed by atoms with Gasteiger partial charge in [0.1, 0.15) is 5.70 Å². The fraction of sp³-hybridized carbons (Fsp3) is 0.150. The van der Waals surface area contributed by atoms with Crippen LogP contribution in [0.1, 0.15) is 22.8 Å². The van der Waals surface area contributed by atoms with Crippen LogP contribution in [0.25, 0.3) is 0 Å². The fourth-order valence-electron chi connectivity index (χ4n) is 2.15. The molecule has 0 aliphatic carbocycles. The van der Waals surface area contributed by atoms with Crippen molar-refractivity contribution in [1.82, 2.24) is 5.32 Å². The normalized spacial score (nSPS) is 10.8. The average molecular weight is 352 g/mol. The maximum absolute atomic E-state index is 12.4. The minimum Gasteiger partial charge on any atom is -0.466 e. The molecule has 134 valence electrons. The Morgan fingerprint density at radius 3 is 2.23 bits per heavy atom. The van der Waals surface area contributed by atoms with Crippen LogP contribution >= 0.6 is 0 Å². The smallest absolute Gasteiger partial charge is 0.332 e.